The van der Waals surface area contributed by atoms with Gasteiger partial charge in [-0.3, -0.25) is 4.79 Å². The number of carbonyl (C=O) groups excluding carboxylic acids is 1. The smallest absolute Gasteiger partial charge is 0.228 e. The summed E-state index contributed by atoms with van der Waals surface area (Å²) in [7, 11) is 1.63. The van der Waals surface area contributed by atoms with E-state index in [1.165, 1.54) is 0 Å². The van der Waals surface area contributed by atoms with Gasteiger partial charge in [0.05, 0.1) is 30.6 Å². The first-order valence-electron chi connectivity index (χ1n) is 12.3. The Hall–Kier alpha value is -3.28. The van der Waals surface area contributed by atoms with E-state index in [1.54, 1.807) is 7.11 Å². The number of benzene rings is 2. The molecule has 6 nitrogen and oxygen atoms in total. The number of amides is 1. The summed E-state index contributed by atoms with van der Waals surface area (Å²) in [6, 6.07) is 17.7. The summed E-state index contributed by atoms with van der Waals surface area (Å²) in [5.74, 6) is 2.24. The van der Waals surface area contributed by atoms with E-state index in [0.717, 1.165) is 49.0 Å². The van der Waals surface area contributed by atoms with Crippen molar-refractivity contribution in [2.75, 3.05) is 7.11 Å². The zero-order valence-electron chi connectivity index (χ0n) is 20.7. The van der Waals surface area contributed by atoms with Crippen molar-refractivity contribution in [2.45, 2.75) is 65.5 Å². The fraction of sp³-hybridized carbons (Fsp3) is 0.429. The van der Waals surface area contributed by atoms with Crippen LogP contribution in [0.15, 0.2) is 54.6 Å². The first kappa shape index (κ1) is 23.9. The second kappa shape index (κ2) is 10.8. The zero-order valence-corrected chi connectivity index (χ0v) is 20.7. The maximum Gasteiger partial charge on any atom is 0.228 e. The average Bonchev–Trinajstić information content (AvgIpc) is 3.51. The lowest BCUT2D eigenvalue weighted by Crippen LogP contribution is -2.41. The van der Waals surface area contributed by atoms with E-state index in [9.17, 15) is 4.79 Å². The molecule has 4 rings (SSSR count). The maximum absolute atomic E-state index is 13.5. The molecule has 1 aliphatic carbocycles. The molecule has 0 spiro atoms. The minimum Gasteiger partial charge on any atom is -0.493 e. The largest absolute Gasteiger partial charge is 0.493 e. The topological polar surface area (TPSA) is 56.6 Å². The molecular formula is C28H35N3O3. The number of methoxy groups -OCH3 is 1. The molecule has 1 aromatic heterocycles. The predicted molar refractivity (Wildman–Crippen MR) is 134 cm³/mol. The van der Waals surface area contributed by atoms with Gasteiger partial charge in [0.15, 0.2) is 11.5 Å². The minimum absolute atomic E-state index is 0.122. The van der Waals surface area contributed by atoms with Gasteiger partial charge in [-0.15, -0.1) is 0 Å². The minimum atomic E-state index is 0.122. The Kier molecular flexibility index (Phi) is 7.56. The van der Waals surface area contributed by atoms with Crippen molar-refractivity contribution in [1.82, 2.24) is 14.7 Å². The number of ether oxygens (including phenoxy) is 2. The van der Waals surface area contributed by atoms with Gasteiger partial charge in [-0.2, -0.15) is 5.10 Å². The molecule has 3 aromatic rings. The highest BCUT2D eigenvalue weighted by atomic mass is 16.5. The number of para-hydroxylation sites is 3. The first-order valence-corrected chi connectivity index (χ1v) is 12.3. The van der Waals surface area contributed by atoms with Crippen LogP contribution in [0.4, 0.5) is 0 Å². The molecule has 1 fully saturated rings. The molecular weight excluding hydrogens is 426 g/mol. The number of hydrogen-bond acceptors (Lipinski definition) is 4. The summed E-state index contributed by atoms with van der Waals surface area (Å²) in [5.41, 5.74) is 2.67. The van der Waals surface area contributed by atoms with Crippen molar-refractivity contribution >= 4 is 5.91 Å². The molecule has 0 saturated heterocycles. The van der Waals surface area contributed by atoms with Crippen LogP contribution in [-0.2, 0) is 11.3 Å². The van der Waals surface area contributed by atoms with Gasteiger partial charge in [0, 0.05) is 12.0 Å². The highest BCUT2D eigenvalue weighted by Gasteiger charge is 2.32. The summed E-state index contributed by atoms with van der Waals surface area (Å²) in [5, 5.41) is 4.84. The number of carbonyl (C=O) groups is 1. The average molecular weight is 462 g/mol. The van der Waals surface area contributed by atoms with Gasteiger partial charge in [0.25, 0.3) is 0 Å². The van der Waals surface area contributed by atoms with E-state index in [0.29, 0.717) is 23.9 Å². The molecule has 0 aliphatic heterocycles. The predicted octanol–water partition coefficient (Wildman–Crippen LogP) is 6.30. The number of rotatable bonds is 9. The van der Waals surface area contributed by atoms with Gasteiger partial charge >= 0.3 is 0 Å². The summed E-state index contributed by atoms with van der Waals surface area (Å²) < 4.78 is 13.9. The standard InChI is InChI=1S/C28H35N3O3/c1-5-20(2)30(27(32)22-13-9-10-14-22)19-24-21(3)29-31(23-15-7-6-8-16-23)28(24)34-26-18-12-11-17-25(26)33-4/h6-8,11-12,15-18,20,22H,5,9-10,13-14,19H2,1-4H3/t20-/m0/s1. The van der Waals surface area contributed by atoms with E-state index < -0.39 is 0 Å². The molecule has 1 aliphatic rings. The molecule has 0 unspecified atom stereocenters. The summed E-state index contributed by atoms with van der Waals surface area (Å²) >= 11 is 0. The van der Waals surface area contributed by atoms with Crippen LogP contribution < -0.4 is 9.47 Å². The van der Waals surface area contributed by atoms with E-state index in [1.807, 2.05) is 71.1 Å². The van der Waals surface area contributed by atoms with Crippen LogP contribution in [0.3, 0.4) is 0 Å². The lowest BCUT2D eigenvalue weighted by atomic mass is 10.0. The Morgan fingerprint density at radius 1 is 1.09 bits per heavy atom. The Balaban J connectivity index is 1.77. The van der Waals surface area contributed by atoms with Crippen molar-refractivity contribution in [3.05, 3.63) is 65.9 Å². The number of aryl methyl sites for hydroxylation is 1. The van der Waals surface area contributed by atoms with Crippen LogP contribution in [0.2, 0.25) is 0 Å². The van der Waals surface area contributed by atoms with E-state index in [-0.39, 0.29) is 17.9 Å². The molecule has 1 atom stereocenters. The molecule has 0 radical (unpaired) electrons. The van der Waals surface area contributed by atoms with Crippen molar-refractivity contribution in [2.24, 2.45) is 5.92 Å². The lowest BCUT2D eigenvalue weighted by molar-refractivity contribution is -0.138. The van der Waals surface area contributed by atoms with Crippen LogP contribution in [0, 0.1) is 12.8 Å². The summed E-state index contributed by atoms with van der Waals surface area (Å²) in [4.78, 5) is 15.6. The van der Waals surface area contributed by atoms with Gasteiger partial charge in [0.2, 0.25) is 11.8 Å². The number of aromatic nitrogens is 2. The molecule has 2 aromatic carbocycles. The summed E-state index contributed by atoms with van der Waals surface area (Å²) in [6.07, 6.45) is 5.14. The highest BCUT2D eigenvalue weighted by molar-refractivity contribution is 5.79. The molecule has 34 heavy (non-hydrogen) atoms. The third-order valence-electron chi connectivity index (χ3n) is 6.85. The Bertz CT molecular complexity index is 1100. The molecule has 0 bridgehead atoms. The molecule has 6 heteroatoms. The molecule has 180 valence electrons. The fourth-order valence-corrected chi connectivity index (χ4v) is 4.63. The van der Waals surface area contributed by atoms with Crippen molar-refractivity contribution in [3.63, 3.8) is 0 Å². The molecule has 1 heterocycles. The zero-order chi connectivity index (χ0) is 24.1. The van der Waals surface area contributed by atoms with E-state index in [4.69, 9.17) is 14.6 Å². The Morgan fingerprint density at radius 3 is 2.38 bits per heavy atom. The monoisotopic (exact) mass is 461 g/mol. The molecule has 1 saturated carbocycles. The van der Waals surface area contributed by atoms with Gasteiger partial charge < -0.3 is 14.4 Å². The molecule has 1 amide bonds. The van der Waals surface area contributed by atoms with Crippen LogP contribution in [0.5, 0.6) is 17.4 Å². The third-order valence-corrected chi connectivity index (χ3v) is 6.85. The van der Waals surface area contributed by atoms with Gasteiger partial charge in [-0.25, -0.2) is 4.68 Å². The van der Waals surface area contributed by atoms with Gasteiger partial charge in [-0.1, -0.05) is 50.1 Å². The van der Waals surface area contributed by atoms with Crippen LogP contribution in [-0.4, -0.2) is 33.7 Å². The van der Waals surface area contributed by atoms with Crippen molar-refractivity contribution in [1.29, 1.82) is 0 Å². The van der Waals surface area contributed by atoms with E-state index >= 15 is 0 Å². The lowest BCUT2D eigenvalue weighted by Gasteiger charge is -2.31. The second-order valence-corrected chi connectivity index (χ2v) is 9.07. The van der Waals surface area contributed by atoms with Crippen LogP contribution in [0.25, 0.3) is 5.69 Å². The maximum atomic E-state index is 13.5. The van der Waals surface area contributed by atoms with Crippen LogP contribution in [0.1, 0.15) is 57.2 Å². The Labute approximate surface area is 202 Å². The SMILES string of the molecule is CC[C@H](C)N(Cc1c(C)nn(-c2ccccc2)c1Oc1ccccc1OC)C(=O)C1CCCC1. The van der Waals surface area contributed by atoms with Crippen molar-refractivity contribution < 1.29 is 14.3 Å². The van der Waals surface area contributed by atoms with Gasteiger partial charge in [-0.05, 0) is 57.4 Å². The second-order valence-electron chi connectivity index (χ2n) is 9.07. The number of hydrogen-bond donors (Lipinski definition) is 0. The van der Waals surface area contributed by atoms with Crippen molar-refractivity contribution in [3.8, 4) is 23.1 Å². The Morgan fingerprint density at radius 2 is 1.74 bits per heavy atom. The van der Waals surface area contributed by atoms with Gasteiger partial charge in [0.1, 0.15) is 0 Å². The normalized spacial score (nSPS) is 14.7. The van der Waals surface area contributed by atoms with Crippen LogP contribution >= 0.6 is 0 Å². The highest BCUT2D eigenvalue weighted by Crippen LogP contribution is 2.37. The first-order chi connectivity index (χ1) is 16.5. The number of nitrogens with zero attached hydrogens (tertiary/aromatic N) is 3. The van der Waals surface area contributed by atoms with E-state index in [2.05, 4.69) is 13.8 Å². The third kappa shape index (κ3) is 4.96. The fourth-order valence-electron chi connectivity index (χ4n) is 4.63. The summed E-state index contributed by atoms with van der Waals surface area (Å²) in [6.45, 7) is 6.71. The quantitative estimate of drug-likeness (QED) is 0.375. The molecule has 0 N–H and O–H groups in total.